The quantitative estimate of drug-likeness (QED) is 0.681. The molecule has 0 aliphatic rings. The van der Waals surface area contributed by atoms with Crippen LogP contribution in [0.1, 0.15) is 5.56 Å². The Balaban J connectivity index is 2.07. The summed E-state index contributed by atoms with van der Waals surface area (Å²) in [4.78, 5) is 0. The van der Waals surface area contributed by atoms with Crippen molar-refractivity contribution in [3.8, 4) is 6.07 Å². The molecule has 0 radical (unpaired) electrons. The summed E-state index contributed by atoms with van der Waals surface area (Å²) < 4.78 is 15.0. The van der Waals surface area contributed by atoms with E-state index in [-0.39, 0.29) is 0 Å². The maximum Gasteiger partial charge on any atom is 0.147 e. The summed E-state index contributed by atoms with van der Waals surface area (Å²) in [6, 6.07) is 18.0. The standard InChI is InChI=1S/C17H10BrFN2/c18-14-6-8-16(13-4-2-1-3-12(13)14)21-17-7-5-11(10-20)9-15(17)19/h1-9,21H. The van der Waals surface area contributed by atoms with E-state index in [0.29, 0.717) is 11.3 Å². The summed E-state index contributed by atoms with van der Waals surface area (Å²) in [5.41, 5.74) is 1.47. The minimum absolute atomic E-state index is 0.304. The highest BCUT2D eigenvalue weighted by atomic mass is 79.9. The Labute approximate surface area is 130 Å². The zero-order chi connectivity index (χ0) is 14.8. The Bertz CT molecular complexity index is 868. The number of rotatable bonds is 2. The fourth-order valence-corrected chi connectivity index (χ4v) is 2.68. The topological polar surface area (TPSA) is 35.8 Å². The number of nitrogens with zero attached hydrogens (tertiary/aromatic N) is 1. The molecule has 4 heteroatoms. The van der Waals surface area contributed by atoms with E-state index >= 15 is 0 Å². The van der Waals surface area contributed by atoms with Crippen LogP contribution in [0.25, 0.3) is 10.8 Å². The van der Waals surface area contributed by atoms with E-state index in [1.165, 1.54) is 6.07 Å². The van der Waals surface area contributed by atoms with Gasteiger partial charge < -0.3 is 5.32 Å². The molecule has 2 nitrogen and oxygen atoms in total. The van der Waals surface area contributed by atoms with Gasteiger partial charge in [0.1, 0.15) is 5.82 Å². The molecule has 102 valence electrons. The number of fused-ring (bicyclic) bond motifs is 1. The van der Waals surface area contributed by atoms with E-state index in [9.17, 15) is 4.39 Å². The molecule has 0 unspecified atom stereocenters. The zero-order valence-electron chi connectivity index (χ0n) is 10.9. The minimum Gasteiger partial charge on any atom is -0.353 e. The summed E-state index contributed by atoms with van der Waals surface area (Å²) in [6.45, 7) is 0. The molecule has 0 aliphatic heterocycles. The maximum absolute atomic E-state index is 14.0. The van der Waals surface area contributed by atoms with Gasteiger partial charge in [-0.2, -0.15) is 5.26 Å². The lowest BCUT2D eigenvalue weighted by Crippen LogP contribution is -1.95. The summed E-state index contributed by atoms with van der Waals surface area (Å²) in [5, 5.41) is 13.9. The van der Waals surface area contributed by atoms with Crippen LogP contribution in [0.5, 0.6) is 0 Å². The Morgan fingerprint density at radius 2 is 1.67 bits per heavy atom. The monoisotopic (exact) mass is 340 g/mol. The first-order chi connectivity index (χ1) is 10.2. The molecule has 0 saturated heterocycles. The maximum atomic E-state index is 14.0. The normalized spacial score (nSPS) is 10.3. The second-order valence-electron chi connectivity index (χ2n) is 4.57. The molecule has 0 aliphatic carbocycles. The second kappa shape index (κ2) is 5.55. The number of benzene rings is 3. The van der Waals surface area contributed by atoms with Crippen LogP contribution in [0.15, 0.2) is 59.1 Å². The van der Waals surface area contributed by atoms with E-state index in [2.05, 4.69) is 21.2 Å². The average Bonchev–Trinajstić information content (AvgIpc) is 2.52. The van der Waals surface area contributed by atoms with Crippen molar-refractivity contribution < 1.29 is 4.39 Å². The van der Waals surface area contributed by atoms with Crippen molar-refractivity contribution in [2.45, 2.75) is 0 Å². The largest absolute Gasteiger partial charge is 0.353 e. The number of hydrogen-bond donors (Lipinski definition) is 1. The Morgan fingerprint density at radius 3 is 2.38 bits per heavy atom. The van der Waals surface area contributed by atoms with E-state index in [0.717, 1.165) is 20.9 Å². The first-order valence-corrected chi connectivity index (χ1v) is 7.12. The highest BCUT2D eigenvalue weighted by Crippen LogP contribution is 2.32. The van der Waals surface area contributed by atoms with Crippen LogP contribution in [-0.2, 0) is 0 Å². The van der Waals surface area contributed by atoms with Crippen LogP contribution in [0, 0.1) is 17.1 Å². The van der Waals surface area contributed by atoms with Crippen LogP contribution in [0.4, 0.5) is 15.8 Å². The predicted octanol–water partition coefficient (Wildman–Crippen LogP) is 5.36. The van der Waals surface area contributed by atoms with Gasteiger partial charge in [-0.05, 0) is 35.7 Å². The van der Waals surface area contributed by atoms with E-state index in [4.69, 9.17) is 5.26 Å². The van der Waals surface area contributed by atoms with Crippen LogP contribution in [0.3, 0.4) is 0 Å². The SMILES string of the molecule is N#Cc1ccc(Nc2ccc(Br)c3ccccc23)c(F)c1. The summed E-state index contributed by atoms with van der Waals surface area (Å²) >= 11 is 3.51. The Kier molecular flexibility index (Phi) is 3.59. The molecular weight excluding hydrogens is 331 g/mol. The molecule has 0 atom stereocenters. The third kappa shape index (κ3) is 2.61. The number of hydrogen-bond acceptors (Lipinski definition) is 2. The van der Waals surface area contributed by atoms with Crippen molar-refractivity contribution in [2.75, 3.05) is 5.32 Å². The van der Waals surface area contributed by atoms with Crippen LogP contribution >= 0.6 is 15.9 Å². The van der Waals surface area contributed by atoms with E-state index < -0.39 is 5.82 Å². The molecule has 0 amide bonds. The smallest absolute Gasteiger partial charge is 0.147 e. The van der Waals surface area contributed by atoms with Gasteiger partial charge in [-0.3, -0.25) is 0 Å². The van der Waals surface area contributed by atoms with Crippen molar-refractivity contribution >= 4 is 38.1 Å². The zero-order valence-corrected chi connectivity index (χ0v) is 12.5. The summed E-state index contributed by atoms with van der Waals surface area (Å²) in [5.74, 6) is -0.443. The molecule has 0 aromatic heterocycles. The third-order valence-electron chi connectivity index (χ3n) is 3.24. The number of nitriles is 1. The number of anilines is 2. The summed E-state index contributed by atoms with van der Waals surface area (Å²) in [6.07, 6.45) is 0. The average molecular weight is 341 g/mol. The lowest BCUT2D eigenvalue weighted by atomic mass is 10.1. The lowest BCUT2D eigenvalue weighted by Gasteiger charge is -2.12. The first kappa shape index (κ1) is 13.6. The number of nitrogens with one attached hydrogen (secondary N) is 1. The lowest BCUT2D eigenvalue weighted by molar-refractivity contribution is 0.631. The fourth-order valence-electron chi connectivity index (χ4n) is 2.20. The number of halogens is 2. The van der Waals surface area contributed by atoms with Crippen molar-refractivity contribution in [3.05, 3.63) is 70.5 Å². The van der Waals surface area contributed by atoms with Crippen LogP contribution < -0.4 is 5.32 Å². The highest BCUT2D eigenvalue weighted by molar-refractivity contribution is 9.10. The van der Waals surface area contributed by atoms with Gasteiger partial charge in [-0.1, -0.05) is 40.2 Å². The fraction of sp³-hybridized carbons (Fsp3) is 0. The van der Waals surface area contributed by atoms with Crippen molar-refractivity contribution in [2.24, 2.45) is 0 Å². The third-order valence-corrected chi connectivity index (χ3v) is 3.93. The van der Waals surface area contributed by atoms with E-state index in [1.807, 2.05) is 42.5 Å². The van der Waals surface area contributed by atoms with Crippen molar-refractivity contribution in [3.63, 3.8) is 0 Å². The molecule has 1 N–H and O–H groups in total. The van der Waals surface area contributed by atoms with Gasteiger partial charge in [0.2, 0.25) is 0 Å². The van der Waals surface area contributed by atoms with Crippen molar-refractivity contribution in [1.82, 2.24) is 0 Å². The van der Waals surface area contributed by atoms with Crippen LogP contribution in [0.2, 0.25) is 0 Å². The van der Waals surface area contributed by atoms with Gasteiger partial charge in [-0.15, -0.1) is 0 Å². The Morgan fingerprint density at radius 1 is 0.952 bits per heavy atom. The predicted molar refractivity (Wildman–Crippen MR) is 86.0 cm³/mol. The molecular formula is C17H10BrFN2. The molecule has 3 aromatic carbocycles. The second-order valence-corrected chi connectivity index (χ2v) is 5.43. The molecule has 3 aromatic rings. The molecule has 0 spiro atoms. The molecule has 0 saturated carbocycles. The summed E-state index contributed by atoms with van der Waals surface area (Å²) in [7, 11) is 0. The Hall–Kier alpha value is -2.38. The minimum atomic E-state index is -0.443. The molecule has 0 heterocycles. The first-order valence-electron chi connectivity index (χ1n) is 6.33. The van der Waals surface area contributed by atoms with Crippen molar-refractivity contribution in [1.29, 1.82) is 5.26 Å². The van der Waals surface area contributed by atoms with Crippen LogP contribution in [-0.4, -0.2) is 0 Å². The van der Waals surface area contributed by atoms with E-state index in [1.54, 1.807) is 12.1 Å². The van der Waals surface area contributed by atoms with Gasteiger partial charge in [0.15, 0.2) is 0 Å². The van der Waals surface area contributed by atoms with Gasteiger partial charge in [0, 0.05) is 15.5 Å². The highest BCUT2D eigenvalue weighted by Gasteiger charge is 2.07. The van der Waals surface area contributed by atoms with Gasteiger partial charge in [0.05, 0.1) is 17.3 Å². The molecule has 21 heavy (non-hydrogen) atoms. The molecule has 0 bridgehead atoms. The molecule has 0 fully saturated rings. The molecule has 3 rings (SSSR count). The van der Waals surface area contributed by atoms with Gasteiger partial charge in [0.25, 0.3) is 0 Å². The van der Waals surface area contributed by atoms with Gasteiger partial charge >= 0.3 is 0 Å². The van der Waals surface area contributed by atoms with Gasteiger partial charge in [-0.25, -0.2) is 4.39 Å².